The van der Waals surface area contributed by atoms with Crippen molar-refractivity contribution < 1.29 is 55.9 Å². The number of thiazole rings is 1. The highest BCUT2D eigenvalue weighted by atomic mass is 36.0. The molecule has 0 fully saturated rings. The van der Waals surface area contributed by atoms with E-state index in [1.807, 2.05) is 0 Å². The van der Waals surface area contributed by atoms with E-state index < -0.39 is 67.6 Å². The molecular weight excluding hydrogens is 959 g/mol. The Morgan fingerprint density at radius 1 is 0.817 bits per heavy atom. The van der Waals surface area contributed by atoms with Crippen LogP contribution in [0.5, 0.6) is 0 Å². The molecule has 0 amide bonds. The number of aromatic nitrogens is 1. The summed E-state index contributed by atoms with van der Waals surface area (Å²) in [6.45, 7) is 9.05. The quantitative estimate of drug-likeness (QED) is 0.0178. The number of thiocarbonyl (C=S) groups is 1. The molecule has 4 aromatic rings. The number of ether oxygens (including phenoxy) is 3. The number of hydrogen-bond donors (Lipinski definition) is 2. The highest BCUT2D eigenvalue weighted by Gasteiger charge is 2.21. The Balaban J connectivity index is 0. The number of nitrogens with two attached hydrogens (primary N) is 1. The lowest BCUT2D eigenvalue weighted by atomic mass is 10.1. The van der Waals surface area contributed by atoms with E-state index in [4.69, 9.17) is 49.5 Å². The van der Waals surface area contributed by atoms with Crippen molar-refractivity contribution in [1.29, 1.82) is 0 Å². The highest BCUT2D eigenvalue weighted by molar-refractivity contribution is 8.26. The third-order valence-corrected chi connectivity index (χ3v) is 7.18. The van der Waals surface area contributed by atoms with Crippen LogP contribution in [0.3, 0.4) is 0 Å². The number of aliphatic hydroxyl groups is 1. The van der Waals surface area contributed by atoms with Gasteiger partial charge in [0.2, 0.25) is 9.23 Å². The molecule has 0 aliphatic carbocycles. The van der Waals surface area contributed by atoms with Gasteiger partial charge in [-0.3, -0.25) is 9.59 Å². The number of aryl methyl sites for hydroxylation is 1. The monoisotopic (exact) mass is 996 g/mol. The molecule has 1 heterocycles. The second kappa shape index (κ2) is 33.9. The predicted octanol–water partition coefficient (Wildman–Crippen LogP) is 11.0. The van der Waals surface area contributed by atoms with Gasteiger partial charge in [0, 0.05) is 26.9 Å². The van der Waals surface area contributed by atoms with Crippen molar-refractivity contribution in [2.75, 3.05) is 25.2 Å². The van der Waals surface area contributed by atoms with Gasteiger partial charge in [-0.2, -0.15) is 0 Å². The molecule has 3 aromatic carbocycles. The fourth-order valence-electron chi connectivity index (χ4n) is 3.79. The number of halogens is 8. The largest absolute Gasteiger partial charge is 0.505 e. The van der Waals surface area contributed by atoms with E-state index in [-0.39, 0.29) is 36.3 Å². The van der Waals surface area contributed by atoms with Gasteiger partial charge in [-0.25, -0.2) is 32.0 Å². The zero-order valence-electron chi connectivity index (χ0n) is 32.4. The standard InChI is InChI=1S/C13H12FNO2S.C11H10ClFO3.C11H11FO3.C2H5NS.CH2Cl2.Cl2OS/c1-3-17-13(16)12-11(15-8(2)18-12)9-6-4-5-7-10(9)14;1-2-16-11(15)9(12)10(14)7-5-3-4-6-8(7)13;1-2-15-11(14)7-10(13)8-5-3-4-6-9(8)12;1-2(3)4;2-1-3;1-4(2)3/h4-7H,3H2,1-2H3;3-6,14H,2H2,1H3;3-6H,2,7H2,1H3;1H3,(H2,3,4);1H2;/b;10-9+;;;;. The van der Waals surface area contributed by atoms with E-state index in [9.17, 15) is 37.5 Å². The van der Waals surface area contributed by atoms with Crippen LogP contribution in [-0.2, 0) is 33.0 Å². The van der Waals surface area contributed by atoms with Crippen molar-refractivity contribution in [3.05, 3.63) is 116 Å². The Morgan fingerprint density at radius 3 is 1.67 bits per heavy atom. The van der Waals surface area contributed by atoms with Crippen molar-refractivity contribution in [2.24, 2.45) is 5.73 Å². The highest BCUT2D eigenvalue weighted by Crippen LogP contribution is 2.30. The maximum Gasteiger partial charge on any atom is 0.353 e. The average Bonchev–Trinajstić information content (AvgIpc) is 3.56. The molecule has 22 heteroatoms. The van der Waals surface area contributed by atoms with Crippen LogP contribution in [0.1, 0.15) is 64.7 Å². The summed E-state index contributed by atoms with van der Waals surface area (Å²) in [6, 6.07) is 17.3. The predicted molar refractivity (Wildman–Crippen MR) is 237 cm³/mol. The van der Waals surface area contributed by atoms with Crippen LogP contribution in [0.4, 0.5) is 13.2 Å². The molecule has 60 heavy (non-hydrogen) atoms. The van der Waals surface area contributed by atoms with E-state index in [0.29, 0.717) is 26.1 Å². The smallest absolute Gasteiger partial charge is 0.353 e. The molecule has 0 saturated heterocycles. The van der Waals surface area contributed by atoms with Crippen molar-refractivity contribution in [3.8, 4) is 11.3 Å². The van der Waals surface area contributed by atoms with Crippen molar-refractivity contribution in [3.63, 3.8) is 0 Å². The second-order valence-corrected chi connectivity index (χ2v) is 15.8. The molecule has 0 aliphatic heterocycles. The number of carbonyl (C=O) groups is 4. The number of aliphatic hydroxyl groups excluding tert-OH is 1. The summed E-state index contributed by atoms with van der Waals surface area (Å²) in [5.41, 5.74) is 5.31. The lowest BCUT2D eigenvalue weighted by molar-refractivity contribution is -0.142. The Hall–Kier alpha value is -3.81. The fourth-order valence-corrected chi connectivity index (χ4v) is 4.77. The number of rotatable bonds is 10. The lowest BCUT2D eigenvalue weighted by Gasteiger charge is -2.05. The van der Waals surface area contributed by atoms with E-state index in [1.165, 1.54) is 53.8 Å². The number of carbonyl (C=O) groups excluding carboxylic acids is 4. The first-order chi connectivity index (χ1) is 28.2. The minimum Gasteiger partial charge on any atom is -0.505 e. The van der Waals surface area contributed by atoms with Gasteiger partial charge in [-0.15, -0.1) is 34.5 Å². The molecule has 4 rings (SSSR count). The van der Waals surface area contributed by atoms with Gasteiger partial charge >= 0.3 is 17.9 Å². The SMILES string of the molecule is CC(N)=S.CCOC(=O)/C(Cl)=C(\O)c1ccccc1F.CCOC(=O)CC(=O)c1ccccc1F.CCOC(=O)c1sc(C)nc1-c1ccccc1F.ClCCl.O=S(Cl)Cl. The summed E-state index contributed by atoms with van der Waals surface area (Å²) in [5, 5.41) is 9.94. The van der Waals surface area contributed by atoms with Crippen LogP contribution in [0.25, 0.3) is 17.0 Å². The Morgan fingerprint density at radius 2 is 1.23 bits per heavy atom. The zero-order valence-corrected chi connectivity index (χ0v) is 38.7. The number of benzene rings is 3. The third-order valence-electron chi connectivity index (χ3n) is 5.90. The van der Waals surface area contributed by atoms with Crippen LogP contribution < -0.4 is 5.73 Å². The molecule has 0 saturated carbocycles. The average molecular weight is 999 g/mol. The molecule has 1 aromatic heterocycles. The summed E-state index contributed by atoms with van der Waals surface area (Å²) in [4.78, 5) is 50.4. The summed E-state index contributed by atoms with van der Waals surface area (Å²) < 4.78 is 63.3. The van der Waals surface area contributed by atoms with Gasteiger partial charge in [0.15, 0.2) is 16.6 Å². The maximum absolute atomic E-state index is 13.7. The molecular formula is C38H40Cl5F3N2O9S3. The van der Waals surface area contributed by atoms with E-state index in [0.717, 1.165) is 6.07 Å². The summed E-state index contributed by atoms with van der Waals surface area (Å²) in [6.07, 6.45) is -0.422. The Labute approximate surface area is 381 Å². The number of esters is 3. The van der Waals surface area contributed by atoms with E-state index in [2.05, 4.69) is 48.0 Å². The van der Waals surface area contributed by atoms with Crippen LogP contribution in [0.2, 0.25) is 0 Å². The normalized spacial score (nSPS) is 10.0. The first-order valence-electron chi connectivity index (χ1n) is 16.7. The first kappa shape index (κ1) is 58.3. The number of Topliss-reactive ketones (excluding diaryl/α,β-unsaturated/α-hetero) is 1. The molecule has 0 spiro atoms. The first-order valence-corrected chi connectivity index (χ1v) is 22.2. The van der Waals surface area contributed by atoms with Gasteiger partial charge in [0.05, 0.1) is 52.0 Å². The van der Waals surface area contributed by atoms with Gasteiger partial charge in [0.25, 0.3) is 0 Å². The molecule has 3 N–H and O–H groups in total. The van der Waals surface area contributed by atoms with Gasteiger partial charge in [-0.1, -0.05) is 60.2 Å². The van der Waals surface area contributed by atoms with Gasteiger partial charge < -0.3 is 25.1 Å². The number of nitrogens with zero attached hydrogens (tertiary/aromatic N) is 1. The second-order valence-electron chi connectivity index (χ2n) is 10.3. The van der Waals surface area contributed by atoms with Crippen LogP contribution >= 0.6 is 79.7 Å². The Kier molecular flexibility index (Phi) is 32.9. The molecule has 11 nitrogen and oxygen atoms in total. The zero-order chi connectivity index (χ0) is 46.4. The maximum atomic E-state index is 13.7. The van der Waals surface area contributed by atoms with Crippen molar-refractivity contribution >= 4 is 123 Å². The topological polar surface area (TPSA) is 172 Å². The summed E-state index contributed by atoms with van der Waals surface area (Å²) in [7, 11) is 7.36. The third kappa shape index (κ3) is 25.1. The van der Waals surface area contributed by atoms with Crippen LogP contribution in [-0.4, -0.2) is 68.1 Å². The van der Waals surface area contributed by atoms with Crippen molar-refractivity contribution in [2.45, 2.75) is 41.0 Å². The summed E-state index contributed by atoms with van der Waals surface area (Å²) in [5.74, 6) is -4.84. The molecule has 0 bridgehead atoms. The number of ketones is 1. The molecule has 0 unspecified atom stereocenters. The fraction of sp³-hybridized carbons (Fsp3) is 0.263. The molecule has 330 valence electrons. The molecule has 0 aliphatic rings. The van der Waals surface area contributed by atoms with Crippen molar-refractivity contribution in [1.82, 2.24) is 4.98 Å². The Bertz CT molecular complexity index is 2020. The molecule has 0 atom stereocenters. The molecule has 0 radical (unpaired) electrons. The number of hydrogen-bond acceptors (Lipinski definition) is 12. The van der Waals surface area contributed by atoms with Crippen LogP contribution in [0.15, 0.2) is 77.8 Å². The number of alkyl halides is 2. The minimum absolute atomic E-state index is 0.0782. The summed E-state index contributed by atoms with van der Waals surface area (Å²) >= 11 is 20.6. The lowest BCUT2D eigenvalue weighted by Crippen LogP contribution is -2.12. The van der Waals surface area contributed by atoms with E-state index >= 15 is 0 Å². The minimum atomic E-state index is -1.67. The van der Waals surface area contributed by atoms with Crippen LogP contribution in [0, 0.1) is 24.4 Å². The van der Waals surface area contributed by atoms with Gasteiger partial charge in [0.1, 0.15) is 28.7 Å². The van der Waals surface area contributed by atoms with E-state index in [1.54, 1.807) is 58.9 Å². The van der Waals surface area contributed by atoms with Gasteiger partial charge in [-0.05, 0) is 71.0 Å².